The monoisotopic (exact) mass is 329 g/mol. The van der Waals surface area contributed by atoms with Gasteiger partial charge in [0.1, 0.15) is 12.4 Å². The van der Waals surface area contributed by atoms with Crippen molar-refractivity contribution < 1.29 is 13.5 Å². The number of anilines is 1. The zero-order valence-corrected chi connectivity index (χ0v) is 11.5. The largest absolute Gasteiger partial charge is 0.484 e. The predicted molar refractivity (Wildman–Crippen MR) is 70.0 cm³/mol. The maximum Gasteiger partial charge on any atom is 0.200 e. The van der Waals surface area contributed by atoms with E-state index in [2.05, 4.69) is 31.2 Å². The van der Waals surface area contributed by atoms with Crippen LogP contribution in [0, 0.1) is 11.6 Å². The van der Waals surface area contributed by atoms with Crippen molar-refractivity contribution in [2.75, 3.05) is 12.4 Å². The summed E-state index contributed by atoms with van der Waals surface area (Å²) < 4.78 is 32.2. The quantitative estimate of drug-likeness (QED) is 0.875. The minimum Gasteiger partial charge on any atom is -0.484 e. The van der Waals surface area contributed by atoms with Crippen LogP contribution in [0.4, 0.5) is 14.6 Å². The second-order valence-corrected chi connectivity index (χ2v) is 4.55. The van der Waals surface area contributed by atoms with Gasteiger partial charge in [-0.15, -0.1) is 0 Å². The van der Waals surface area contributed by atoms with E-state index in [1.165, 1.54) is 18.5 Å². The summed E-state index contributed by atoms with van der Waals surface area (Å²) in [6.45, 7) is 0.00378. The van der Waals surface area contributed by atoms with Crippen LogP contribution in [0.1, 0.15) is 5.69 Å². The van der Waals surface area contributed by atoms with Crippen LogP contribution in [-0.2, 0) is 6.61 Å². The Bertz CT molecular complexity index is 578. The van der Waals surface area contributed by atoms with Crippen LogP contribution in [-0.4, -0.2) is 17.0 Å². The Labute approximate surface area is 117 Å². The zero-order chi connectivity index (χ0) is 13.8. The number of nitrogens with one attached hydrogen (secondary N) is 1. The first-order valence-electron chi connectivity index (χ1n) is 5.36. The average Bonchev–Trinajstić information content (AvgIpc) is 2.41. The third-order valence-corrected chi connectivity index (χ3v) is 2.75. The van der Waals surface area contributed by atoms with Gasteiger partial charge in [-0.2, -0.15) is 4.39 Å². The van der Waals surface area contributed by atoms with E-state index in [0.717, 1.165) is 6.07 Å². The maximum atomic E-state index is 13.4. The Morgan fingerprint density at radius 3 is 2.68 bits per heavy atom. The lowest BCUT2D eigenvalue weighted by atomic mass is 10.3. The minimum absolute atomic E-state index is 0.00378. The van der Waals surface area contributed by atoms with Crippen LogP contribution in [0.15, 0.2) is 29.0 Å². The Balaban J connectivity index is 2.09. The molecule has 0 radical (unpaired) electrons. The number of halogens is 3. The molecule has 0 atom stereocenters. The van der Waals surface area contributed by atoms with E-state index in [-0.39, 0.29) is 12.4 Å². The summed E-state index contributed by atoms with van der Waals surface area (Å²) in [4.78, 5) is 8.10. The van der Waals surface area contributed by atoms with E-state index in [1.807, 2.05) is 0 Å². The van der Waals surface area contributed by atoms with Gasteiger partial charge in [-0.3, -0.25) is 4.98 Å². The van der Waals surface area contributed by atoms with E-state index >= 15 is 0 Å². The first kappa shape index (κ1) is 13.7. The van der Waals surface area contributed by atoms with Crippen molar-refractivity contribution in [2.45, 2.75) is 6.61 Å². The minimum atomic E-state index is -1.02. The lowest BCUT2D eigenvalue weighted by molar-refractivity contribution is 0.280. The molecule has 0 aliphatic carbocycles. The van der Waals surface area contributed by atoms with E-state index in [9.17, 15) is 8.78 Å². The molecule has 0 unspecified atom stereocenters. The van der Waals surface area contributed by atoms with Crippen LogP contribution >= 0.6 is 15.9 Å². The predicted octanol–water partition coefficient (Wildman–Crippen LogP) is 3.14. The van der Waals surface area contributed by atoms with Gasteiger partial charge in [0, 0.05) is 11.5 Å². The molecule has 1 heterocycles. The molecular weight excluding hydrogens is 320 g/mol. The Morgan fingerprint density at radius 1 is 1.26 bits per heavy atom. The first-order chi connectivity index (χ1) is 9.10. The van der Waals surface area contributed by atoms with Gasteiger partial charge in [0.2, 0.25) is 5.82 Å². The fourth-order valence-corrected chi connectivity index (χ4v) is 1.76. The summed E-state index contributed by atoms with van der Waals surface area (Å²) in [5.74, 6) is -1.56. The van der Waals surface area contributed by atoms with Gasteiger partial charge in [0.15, 0.2) is 11.6 Å². The summed E-state index contributed by atoms with van der Waals surface area (Å²) in [5.41, 5.74) is 0.513. The van der Waals surface area contributed by atoms with Crippen molar-refractivity contribution in [1.82, 2.24) is 9.97 Å². The fraction of sp³-hybridized carbons (Fsp3) is 0.167. The van der Waals surface area contributed by atoms with Crippen LogP contribution in [0.5, 0.6) is 5.75 Å². The Kier molecular flexibility index (Phi) is 4.26. The molecule has 0 amide bonds. The highest BCUT2D eigenvalue weighted by Gasteiger charge is 2.11. The molecule has 1 aromatic heterocycles. The van der Waals surface area contributed by atoms with Crippen molar-refractivity contribution in [2.24, 2.45) is 0 Å². The van der Waals surface area contributed by atoms with Gasteiger partial charge in [-0.25, -0.2) is 9.37 Å². The van der Waals surface area contributed by atoms with Crippen molar-refractivity contribution in [3.63, 3.8) is 0 Å². The molecule has 2 rings (SSSR count). The number of hydrogen-bond acceptors (Lipinski definition) is 4. The average molecular weight is 330 g/mol. The number of nitrogens with zero attached hydrogens (tertiary/aromatic N) is 2. The summed E-state index contributed by atoms with van der Waals surface area (Å²) in [5, 5.41) is 2.82. The van der Waals surface area contributed by atoms with E-state index in [4.69, 9.17) is 4.74 Å². The van der Waals surface area contributed by atoms with E-state index in [0.29, 0.717) is 16.0 Å². The van der Waals surface area contributed by atoms with Crippen molar-refractivity contribution in [1.29, 1.82) is 0 Å². The Hall–Kier alpha value is -1.76. The molecule has 7 heteroatoms. The van der Waals surface area contributed by atoms with Crippen LogP contribution < -0.4 is 10.1 Å². The molecule has 100 valence electrons. The molecule has 0 fully saturated rings. The highest BCUT2D eigenvalue weighted by molar-refractivity contribution is 9.10. The molecule has 0 spiro atoms. The molecule has 2 aromatic rings. The van der Waals surface area contributed by atoms with Crippen molar-refractivity contribution in [3.8, 4) is 5.75 Å². The highest BCUT2D eigenvalue weighted by atomic mass is 79.9. The summed E-state index contributed by atoms with van der Waals surface area (Å²) in [7, 11) is 1.72. The summed E-state index contributed by atoms with van der Waals surface area (Å²) in [6, 6.07) is 2.39. The van der Waals surface area contributed by atoms with Gasteiger partial charge in [0.05, 0.1) is 18.1 Å². The highest BCUT2D eigenvalue weighted by Crippen LogP contribution is 2.25. The fourth-order valence-electron chi connectivity index (χ4n) is 1.35. The van der Waals surface area contributed by atoms with Gasteiger partial charge < -0.3 is 10.1 Å². The lowest BCUT2D eigenvalue weighted by Crippen LogP contribution is -2.03. The smallest absolute Gasteiger partial charge is 0.200 e. The molecule has 1 aromatic carbocycles. The zero-order valence-electron chi connectivity index (χ0n) is 9.95. The normalized spacial score (nSPS) is 10.3. The van der Waals surface area contributed by atoms with Gasteiger partial charge in [-0.05, 0) is 12.1 Å². The summed E-state index contributed by atoms with van der Waals surface area (Å²) in [6.07, 6.45) is 3.02. The Morgan fingerprint density at radius 2 is 2.05 bits per heavy atom. The van der Waals surface area contributed by atoms with Gasteiger partial charge in [-0.1, -0.05) is 15.9 Å². The van der Waals surface area contributed by atoms with Gasteiger partial charge in [0.25, 0.3) is 0 Å². The molecule has 0 aliphatic rings. The number of aromatic nitrogens is 2. The SMILES string of the molecule is CNc1cnc(COc2cc(Br)cc(F)c2F)cn1. The van der Waals surface area contributed by atoms with E-state index < -0.39 is 11.6 Å². The number of benzene rings is 1. The molecule has 0 aliphatic heterocycles. The third-order valence-electron chi connectivity index (χ3n) is 2.30. The summed E-state index contributed by atoms with van der Waals surface area (Å²) >= 11 is 3.07. The first-order valence-corrected chi connectivity index (χ1v) is 6.15. The van der Waals surface area contributed by atoms with Gasteiger partial charge >= 0.3 is 0 Å². The molecule has 0 saturated carbocycles. The molecule has 1 N–H and O–H groups in total. The number of hydrogen-bond donors (Lipinski definition) is 1. The lowest BCUT2D eigenvalue weighted by Gasteiger charge is -2.08. The number of ether oxygens (including phenoxy) is 1. The van der Waals surface area contributed by atoms with Crippen LogP contribution in [0.2, 0.25) is 0 Å². The molecule has 19 heavy (non-hydrogen) atoms. The molecule has 0 saturated heterocycles. The van der Waals surface area contributed by atoms with Crippen LogP contribution in [0.25, 0.3) is 0 Å². The molecule has 0 bridgehead atoms. The second kappa shape index (κ2) is 5.92. The third kappa shape index (κ3) is 3.37. The number of rotatable bonds is 4. The maximum absolute atomic E-state index is 13.4. The topological polar surface area (TPSA) is 47.0 Å². The van der Waals surface area contributed by atoms with Crippen molar-refractivity contribution >= 4 is 21.7 Å². The second-order valence-electron chi connectivity index (χ2n) is 3.63. The standard InChI is InChI=1S/C12H10BrF2N3O/c1-16-11-5-17-8(4-18-11)6-19-10-3-7(13)2-9(14)12(10)15/h2-5H,6H2,1H3,(H,16,18). The van der Waals surface area contributed by atoms with E-state index in [1.54, 1.807) is 7.05 Å². The molecule has 4 nitrogen and oxygen atoms in total. The molecular formula is C12H10BrF2N3O. The van der Waals surface area contributed by atoms with Crippen molar-refractivity contribution in [3.05, 3.63) is 46.3 Å². The van der Waals surface area contributed by atoms with Crippen LogP contribution in [0.3, 0.4) is 0 Å².